The normalized spacial score (nSPS) is 10.7. The second-order valence-corrected chi connectivity index (χ2v) is 6.72. The number of aromatic nitrogens is 2. The molecule has 0 aliphatic heterocycles. The average Bonchev–Trinajstić information content (AvgIpc) is 2.89. The number of hydrogen-bond acceptors (Lipinski definition) is 2. The average molecular weight is 347 g/mol. The Balaban J connectivity index is 1.73. The molecule has 0 saturated carbocycles. The molecule has 0 atom stereocenters. The minimum Gasteiger partial charge on any atom is -0.350 e. The molecule has 26 heavy (non-hydrogen) atoms. The maximum atomic E-state index is 12.8. The van der Waals surface area contributed by atoms with Gasteiger partial charge in [0.1, 0.15) is 5.69 Å². The van der Waals surface area contributed by atoms with Crippen molar-refractivity contribution in [3.63, 3.8) is 0 Å². The van der Waals surface area contributed by atoms with Crippen molar-refractivity contribution in [2.75, 3.05) is 6.54 Å². The molecule has 134 valence electrons. The molecule has 1 amide bonds. The fraction of sp³-hybridized carbons (Fsp3) is 0.273. The fourth-order valence-electron chi connectivity index (χ4n) is 3.28. The Kier molecular flexibility index (Phi) is 5.52. The van der Waals surface area contributed by atoms with E-state index in [2.05, 4.69) is 52.1 Å². The highest BCUT2D eigenvalue weighted by atomic mass is 16.1. The molecule has 1 aromatic carbocycles. The van der Waals surface area contributed by atoms with Gasteiger partial charge >= 0.3 is 0 Å². The van der Waals surface area contributed by atoms with Crippen molar-refractivity contribution in [2.45, 2.75) is 33.7 Å². The second kappa shape index (κ2) is 8.00. The number of rotatable bonds is 6. The molecule has 0 aliphatic rings. The van der Waals surface area contributed by atoms with Crippen molar-refractivity contribution in [1.29, 1.82) is 0 Å². The number of pyridine rings is 1. The Hall–Kier alpha value is -2.88. The Bertz CT molecular complexity index is 897. The predicted molar refractivity (Wildman–Crippen MR) is 104 cm³/mol. The topological polar surface area (TPSA) is 46.9 Å². The molecule has 1 N–H and O–H groups in total. The van der Waals surface area contributed by atoms with Crippen LogP contribution < -0.4 is 5.32 Å². The van der Waals surface area contributed by atoms with Crippen molar-refractivity contribution in [1.82, 2.24) is 14.9 Å². The molecule has 4 nitrogen and oxygen atoms in total. The molecule has 0 fully saturated rings. The summed E-state index contributed by atoms with van der Waals surface area (Å²) in [5.41, 5.74) is 6.25. The third-order valence-electron chi connectivity index (χ3n) is 4.53. The lowest BCUT2D eigenvalue weighted by Gasteiger charge is -2.13. The van der Waals surface area contributed by atoms with Crippen LogP contribution in [0.4, 0.5) is 0 Å². The number of aryl methyl sites for hydroxylation is 3. The van der Waals surface area contributed by atoms with Crippen molar-refractivity contribution < 1.29 is 4.79 Å². The van der Waals surface area contributed by atoms with Crippen LogP contribution in [-0.2, 0) is 13.0 Å². The second-order valence-electron chi connectivity index (χ2n) is 6.72. The molecular weight excluding hydrogens is 322 g/mol. The van der Waals surface area contributed by atoms with E-state index in [9.17, 15) is 4.79 Å². The van der Waals surface area contributed by atoms with Gasteiger partial charge in [0.2, 0.25) is 0 Å². The highest BCUT2D eigenvalue weighted by Crippen LogP contribution is 2.18. The summed E-state index contributed by atoms with van der Waals surface area (Å²) in [7, 11) is 0. The van der Waals surface area contributed by atoms with Crippen molar-refractivity contribution in [2.24, 2.45) is 0 Å². The first kappa shape index (κ1) is 17.9. The molecule has 4 heteroatoms. The SMILES string of the molecule is Cc1cccc(Cn2c(C)cc(C)c2C(=O)NCCc2ccccn2)c1. The van der Waals surface area contributed by atoms with E-state index in [1.165, 1.54) is 11.1 Å². The van der Waals surface area contributed by atoms with Crippen LogP contribution >= 0.6 is 0 Å². The number of nitrogens with one attached hydrogen (secondary N) is 1. The number of hydrogen-bond donors (Lipinski definition) is 1. The third kappa shape index (κ3) is 4.20. The lowest BCUT2D eigenvalue weighted by Crippen LogP contribution is -2.29. The van der Waals surface area contributed by atoms with E-state index in [1.807, 2.05) is 32.0 Å². The molecular formula is C22H25N3O. The molecule has 0 saturated heterocycles. The number of benzene rings is 1. The lowest BCUT2D eigenvalue weighted by molar-refractivity contribution is 0.0944. The van der Waals surface area contributed by atoms with E-state index in [1.54, 1.807) is 6.20 Å². The molecule has 0 radical (unpaired) electrons. The molecule has 0 bridgehead atoms. The van der Waals surface area contributed by atoms with Gasteiger partial charge in [-0.2, -0.15) is 0 Å². The third-order valence-corrected chi connectivity index (χ3v) is 4.53. The maximum Gasteiger partial charge on any atom is 0.268 e. The van der Waals surface area contributed by atoms with E-state index in [-0.39, 0.29) is 5.91 Å². The van der Waals surface area contributed by atoms with Gasteiger partial charge in [-0.3, -0.25) is 9.78 Å². The Morgan fingerprint density at radius 1 is 1.08 bits per heavy atom. The monoisotopic (exact) mass is 347 g/mol. The van der Waals surface area contributed by atoms with Crippen LogP contribution in [0, 0.1) is 20.8 Å². The molecule has 3 aromatic rings. The highest BCUT2D eigenvalue weighted by Gasteiger charge is 2.17. The van der Waals surface area contributed by atoms with Crippen LogP contribution in [0.1, 0.15) is 38.6 Å². The van der Waals surface area contributed by atoms with Crippen LogP contribution in [-0.4, -0.2) is 22.0 Å². The zero-order valence-electron chi connectivity index (χ0n) is 15.6. The number of carbonyl (C=O) groups excluding carboxylic acids is 1. The number of carbonyl (C=O) groups is 1. The first-order chi connectivity index (χ1) is 12.5. The summed E-state index contributed by atoms with van der Waals surface area (Å²) >= 11 is 0. The van der Waals surface area contributed by atoms with Gasteiger partial charge in [0.05, 0.1) is 0 Å². The largest absolute Gasteiger partial charge is 0.350 e. The van der Waals surface area contributed by atoms with E-state index in [4.69, 9.17) is 0 Å². The van der Waals surface area contributed by atoms with Gasteiger partial charge in [-0.25, -0.2) is 0 Å². The van der Waals surface area contributed by atoms with Gasteiger partial charge in [-0.1, -0.05) is 35.9 Å². The van der Waals surface area contributed by atoms with Crippen molar-refractivity contribution in [3.8, 4) is 0 Å². The van der Waals surface area contributed by atoms with Crippen LogP contribution in [0.2, 0.25) is 0 Å². The molecule has 2 heterocycles. The van der Waals surface area contributed by atoms with Crippen molar-refractivity contribution in [3.05, 3.63) is 88.5 Å². The van der Waals surface area contributed by atoms with Gasteiger partial charge in [0.25, 0.3) is 5.91 Å². The van der Waals surface area contributed by atoms with Gasteiger partial charge < -0.3 is 9.88 Å². The lowest BCUT2D eigenvalue weighted by atomic mass is 10.1. The number of amides is 1. The van der Waals surface area contributed by atoms with Crippen LogP contribution in [0.25, 0.3) is 0 Å². The molecule has 0 aliphatic carbocycles. The van der Waals surface area contributed by atoms with E-state index in [0.29, 0.717) is 13.1 Å². The van der Waals surface area contributed by atoms with Gasteiger partial charge in [-0.15, -0.1) is 0 Å². The summed E-state index contributed by atoms with van der Waals surface area (Å²) in [4.78, 5) is 17.1. The Morgan fingerprint density at radius 2 is 1.92 bits per heavy atom. The Morgan fingerprint density at radius 3 is 2.65 bits per heavy atom. The first-order valence-electron chi connectivity index (χ1n) is 8.95. The van der Waals surface area contributed by atoms with Crippen LogP contribution in [0.15, 0.2) is 54.7 Å². The summed E-state index contributed by atoms with van der Waals surface area (Å²) in [5, 5.41) is 3.04. The molecule has 0 unspecified atom stereocenters. The van der Waals surface area contributed by atoms with Gasteiger partial charge in [0.15, 0.2) is 0 Å². The zero-order valence-corrected chi connectivity index (χ0v) is 15.6. The summed E-state index contributed by atoms with van der Waals surface area (Å²) in [6, 6.07) is 16.3. The van der Waals surface area contributed by atoms with E-state index in [0.717, 1.165) is 29.1 Å². The fourth-order valence-corrected chi connectivity index (χ4v) is 3.28. The van der Waals surface area contributed by atoms with Gasteiger partial charge in [0, 0.05) is 37.1 Å². The molecule has 3 rings (SSSR count). The number of nitrogens with zero attached hydrogens (tertiary/aromatic N) is 2. The molecule has 0 spiro atoms. The van der Waals surface area contributed by atoms with Crippen LogP contribution in [0.3, 0.4) is 0 Å². The molecule has 2 aromatic heterocycles. The Labute approximate surface area is 154 Å². The first-order valence-corrected chi connectivity index (χ1v) is 8.95. The summed E-state index contributed by atoms with van der Waals surface area (Å²) < 4.78 is 2.10. The smallest absolute Gasteiger partial charge is 0.268 e. The quantitative estimate of drug-likeness (QED) is 0.737. The zero-order chi connectivity index (χ0) is 18.5. The van der Waals surface area contributed by atoms with E-state index >= 15 is 0 Å². The standard InChI is InChI=1S/C22H25N3O/c1-16-7-6-8-19(13-16)15-25-18(3)14-17(2)21(25)22(26)24-12-10-20-9-4-5-11-23-20/h4-9,11,13-14H,10,12,15H2,1-3H3,(H,24,26). The van der Waals surface area contributed by atoms with E-state index < -0.39 is 0 Å². The summed E-state index contributed by atoms with van der Waals surface area (Å²) in [6.07, 6.45) is 2.50. The minimum atomic E-state index is -0.0285. The summed E-state index contributed by atoms with van der Waals surface area (Å²) in [5.74, 6) is -0.0285. The predicted octanol–water partition coefficient (Wildman–Crippen LogP) is 3.83. The summed E-state index contributed by atoms with van der Waals surface area (Å²) in [6.45, 7) is 7.40. The van der Waals surface area contributed by atoms with Crippen LogP contribution in [0.5, 0.6) is 0 Å². The highest BCUT2D eigenvalue weighted by molar-refractivity contribution is 5.94. The van der Waals surface area contributed by atoms with Crippen molar-refractivity contribution >= 4 is 5.91 Å². The maximum absolute atomic E-state index is 12.8. The van der Waals surface area contributed by atoms with Gasteiger partial charge in [-0.05, 0) is 50.1 Å². The minimum absolute atomic E-state index is 0.0285.